The predicted octanol–water partition coefficient (Wildman–Crippen LogP) is 6.04. The molecule has 220 valence electrons. The van der Waals surface area contributed by atoms with Gasteiger partial charge in [-0.15, -0.1) is 0 Å². The molecule has 0 N–H and O–H groups in total. The molecule has 5 atom stereocenters. The fourth-order valence-electron chi connectivity index (χ4n) is 6.83. The lowest BCUT2D eigenvalue weighted by Gasteiger charge is -2.47. The van der Waals surface area contributed by atoms with Gasteiger partial charge in [0.15, 0.2) is 6.29 Å². The third-order valence-corrected chi connectivity index (χ3v) is 8.63. The summed E-state index contributed by atoms with van der Waals surface area (Å²) in [4.78, 5) is 30.0. The van der Waals surface area contributed by atoms with Crippen LogP contribution in [0.25, 0.3) is 0 Å². The molecule has 7 heteroatoms. The largest absolute Gasteiger partial charge is 0.444 e. The lowest BCUT2D eigenvalue weighted by molar-refractivity contribution is -0.214. The number of allylic oxidation sites excluding steroid dienone is 1. The number of imide groups is 1. The van der Waals surface area contributed by atoms with Crippen LogP contribution in [-0.2, 0) is 43.4 Å². The van der Waals surface area contributed by atoms with Crippen molar-refractivity contribution >= 4 is 12.0 Å². The molecule has 0 saturated carbocycles. The molecule has 1 fully saturated rings. The van der Waals surface area contributed by atoms with Gasteiger partial charge in [0.25, 0.3) is 0 Å². The molecule has 1 saturated heterocycles. The monoisotopic (exact) mass is 569 g/mol. The zero-order valence-corrected chi connectivity index (χ0v) is 24.4. The lowest BCUT2D eigenvalue weighted by Crippen LogP contribution is -2.56. The number of methoxy groups -OCH3 is 2. The van der Waals surface area contributed by atoms with Gasteiger partial charge in [0.1, 0.15) is 12.0 Å². The number of hydrogen-bond acceptors (Lipinski definition) is 6. The average molecular weight is 570 g/mol. The topological polar surface area (TPSA) is 74.3 Å². The molecular weight excluding hydrogens is 530 g/mol. The number of ether oxygens (including phenoxy) is 4. The summed E-state index contributed by atoms with van der Waals surface area (Å²) in [7, 11) is 3.08. The van der Waals surface area contributed by atoms with Crippen LogP contribution < -0.4 is 0 Å². The van der Waals surface area contributed by atoms with Crippen LogP contribution in [0.1, 0.15) is 23.6 Å². The minimum atomic E-state index is -1.21. The second-order valence-corrected chi connectivity index (χ2v) is 11.1. The Morgan fingerprint density at radius 3 is 1.93 bits per heavy atom. The molecule has 0 aromatic heterocycles. The standard InChI is InChI=1S/C35H39NO6/c1-25-19-20-29(24-41-22-27-15-9-5-10-16-27)35(33(39-2)40-3)31(25)30(21-26-13-7-4-8-14-26)36(32(35)37)34(38)42-23-28-17-11-6-12-18-28/h4-20,25,29-31,33H,21-24H2,1-3H3/t25-,29-,30+,31+,35-/m1/s1. The lowest BCUT2D eigenvalue weighted by atomic mass is 9.58. The highest BCUT2D eigenvalue weighted by atomic mass is 16.7. The fourth-order valence-corrected chi connectivity index (χ4v) is 6.83. The molecule has 0 bridgehead atoms. The van der Waals surface area contributed by atoms with E-state index in [9.17, 15) is 9.59 Å². The number of likely N-dealkylation sites (tertiary alicyclic amines) is 1. The number of rotatable bonds is 11. The van der Waals surface area contributed by atoms with Crippen molar-refractivity contribution in [3.05, 3.63) is 120 Å². The van der Waals surface area contributed by atoms with Gasteiger partial charge in [-0.25, -0.2) is 9.69 Å². The van der Waals surface area contributed by atoms with E-state index in [-0.39, 0.29) is 31.0 Å². The SMILES string of the molecule is COC(OC)[C@@]12C(=O)N(C(=O)OCc3ccccc3)[C@@H](Cc3ccccc3)[C@@H]1[C@H](C)C=C[C@@H]2COCc1ccccc1. The summed E-state index contributed by atoms with van der Waals surface area (Å²) in [5.41, 5.74) is 1.70. The first-order valence-corrected chi connectivity index (χ1v) is 14.4. The van der Waals surface area contributed by atoms with Crippen molar-refractivity contribution in [2.45, 2.75) is 38.9 Å². The number of nitrogens with zero attached hydrogens (tertiary/aromatic N) is 1. The Balaban J connectivity index is 1.52. The predicted molar refractivity (Wildman–Crippen MR) is 159 cm³/mol. The van der Waals surface area contributed by atoms with E-state index in [0.29, 0.717) is 13.0 Å². The first-order valence-electron chi connectivity index (χ1n) is 14.4. The van der Waals surface area contributed by atoms with Gasteiger partial charge < -0.3 is 18.9 Å². The number of carbonyl (C=O) groups is 2. The minimum absolute atomic E-state index is 0.0484. The number of benzene rings is 3. The number of fused-ring (bicyclic) bond motifs is 1. The highest BCUT2D eigenvalue weighted by molar-refractivity contribution is 5.99. The van der Waals surface area contributed by atoms with Crippen LogP contribution in [0.3, 0.4) is 0 Å². The number of hydrogen-bond donors (Lipinski definition) is 0. The molecule has 42 heavy (non-hydrogen) atoms. The van der Waals surface area contributed by atoms with E-state index in [1.807, 2.05) is 97.1 Å². The summed E-state index contributed by atoms with van der Waals surface area (Å²) in [6.07, 6.45) is 3.08. The summed E-state index contributed by atoms with van der Waals surface area (Å²) < 4.78 is 23.8. The zero-order valence-electron chi connectivity index (χ0n) is 24.4. The first-order chi connectivity index (χ1) is 20.5. The normalized spacial score (nSPS) is 25.0. The van der Waals surface area contributed by atoms with Crippen molar-refractivity contribution in [1.29, 1.82) is 0 Å². The van der Waals surface area contributed by atoms with Gasteiger partial charge in [-0.05, 0) is 29.0 Å². The molecule has 2 amide bonds. The van der Waals surface area contributed by atoms with Crippen LogP contribution >= 0.6 is 0 Å². The first kappa shape index (κ1) is 29.7. The van der Waals surface area contributed by atoms with Crippen molar-refractivity contribution in [2.75, 3.05) is 20.8 Å². The quantitative estimate of drug-likeness (QED) is 0.207. The second kappa shape index (κ2) is 13.5. The van der Waals surface area contributed by atoms with Gasteiger partial charge in [-0.1, -0.05) is 110 Å². The van der Waals surface area contributed by atoms with Gasteiger partial charge in [0.2, 0.25) is 5.91 Å². The number of amides is 2. The van der Waals surface area contributed by atoms with Gasteiger partial charge in [-0.3, -0.25) is 4.79 Å². The molecular formula is C35H39NO6. The Labute approximate surface area is 248 Å². The van der Waals surface area contributed by atoms with E-state index in [0.717, 1.165) is 16.7 Å². The van der Waals surface area contributed by atoms with Crippen molar-refractivity contribution in [3.8, 4) is 0 Å². The van der Waals surface area contributed by atoms with Crippen LogP contribution in [0, 0.1) is 23.2 Å². The maximum absolute atomic E-state index is 14.8. The van der Waals surface area contributed by atoms with Crippen LogP contribution in [0.4, 0.5) is 4.79 Å². The molecule has 0 spiro atoms. The van der Waals surface area contributed by atoms with E-state index in [1.54, 1.807) is 14.2 Å². The van der Waals surface area contributed by atoms with Crippen molar-refractivity contribution in [3.63, 3.8) is 0 Å². The Morgan fingerprint density at radius 1 is 0.810 bits per heavy atom. The van der Waals surface area contributed by atoms with Gasteiger partial charge in [0, 0.05) is 26.1 Å². The van der Waals surface area contributed by atoms with Gasteiger partial charge in [0.05, 0.1) is 19.3 Å². The molecule has 7 nitrogen and oxygen atoms in total. The molecule has 5 rings (SSSR count). The van der Waals surface area contributed by atoms with Crippen LogP contribution in [0.2, 0.25) is 0 Å². The smallest absolute Gasteiger partial charge is 0.417 e. The summed E-state index contributed by atoms with van der Waals surface area (Å²) in [5.74, 6) is -1.11. The molecule has 0 unspecified atom stereocenters. The zero-order chi connectivity index (χ0) is 29.5. The molecule has 1 aliphatic heterocycles. The van der Waals surface area contributed by atoms with Crippen molar-refractivity contribution < 1.29 is 28.5 Å². The fraction of sp³-hybridized carbons (Fsp3) is 0.371. The minimum Gasteiger partial charge on any atom is -0.444 e. The maximum Gasteiger partial charge on any atom is 0.417 e. The summed E-state index contributed by atoms with van der Waals surface area (Å²) in [6, 6.07) is 28.8. The Bertz CT molecular complexity index is 1340. The molecule has 3 aromatic carbocycles. The molecule has 1 aliphatic carbocycles. The Hall–Kier alpha value is -3.78. The van der Waals surface area contributed by atoms with Gasteiger partial charge in [-0.2, -0.15) is 0 Å². The maximum atomic E-state index is 14.8. The highest BCUT2D eigenvalue weighted by Gasteiger charge is 2.69. The second-order valence-electron chi connectivity index (χ2n) is 11.1. The van der Waals surface area contributed by atoms with Gasteiger partial charge >= 0.3 is 6.09 Å². The van der Waals surface area contributed by atoms with Crippen LogP contribution in [-0.4, -0.2) is 50.1 Å². The Morgan fingerprint density at radius 2 is 1.36 bits per heavy atom. The van der Waals surface area contributed by atoms with E-state index >= 15 is 0 Å². The highest BCUT2D eigenvalue weighted by Crippen LogP contribution is 2.57. The molecule has 0 radical (unpaired) electrons. The van der Waals surface area contributed by atoms with Crippen molar-refractivity contribution in [2.24, 2.45) is 23.2 Å². The third-order valence-electron chi connectivity index (χ3n) is 8.63. The number of carbonyl (C=O) groups excluding carboxylic acids is 2. The summed E-state index contributed by atoms with van der Waals surface area (Å²) >= 11 is 0. The van der Waals surface area contributed by atoms with E-state index < -0.39 is 29.8 Å². The average Bonchev–Trinajstić information content (AvgIpc) is 3.28. The van der Waals surface area contributed by atoms with Crippen molar-refractivity contribution in [1.82, 2.24) is 4.90 Å². The summed E-state index contributed by atoms with van der Waals surface area (Å²) in [5, 5.41) is 0. The molecule has 2 aliphatic rings. The Kier molecular flexibility index (Phi) is 9.52. The van der Waals surface area contributed by atoms with Crippen LogP contribution in [0.15, 0.2) is 103 Å². The third kappa shape index (κ3) is 5.77. The summed E-state index contributed by atoms with van der Waals surface area (Å²) in [6.45, 7) is 2.81. The van der Waals surface area contributed by atoms with E-state index in [4.69, 9.17) is 18.9 Å². The molecule has 1 heterocycles. The molecule has 3 aromatic rings. The van der Waals surface area contributed by atoms with E-state index in [2.05, 4.69) is 13.0 Å². The van der Waals surface area contributed by atoms with Crippen LogP contribution in [0.5, 0.6) is 0 Å². The van der Waals surface area contributed by atoms with E-state index in [1.165, 1.54) is 4.90 Å².